The van der Waals surface area contributed by atoms with Gasteiger partial charge in [0, 0.05) is 19.5 Å². The quantitative estimate of drug-likeness (QED) is 0.739. The summed E-state index contributed by atoms with van der Waals surface area (Å²) in [4.78, 5) is 13.8. The summed E-state index contributed by atoms with van der Waals surface area (Å²) in [7, 11) is 0. The van der Waals surface area contributed by atoms with Crippen molar-refractivity contribution in [3.63, 3.8) is 0 Å². The van der Waals surface area contributed by atoms with Gasteiger partial charge in [0.1, 0.15) is 0 Å². The van der Waals surface area contributed by atoms with E-state index in [-0.39, 0.29) is 18.3 Å². The van der Waals surface area contributed by atoms with Crippen molar-refractivity contribution >= 4 is 18.3 Å². The lowest BCUT2D eigenvalue weighted by Gasteiger charge is -2.25. The lowest BCUT2D eigenvalue weighted by Crippen LogP contribution is -2.35. The van der Waals surface area contributed by atoms with Gasteiger partial charge in [-0.25, -0.2) is 0 Å². The van der Waals surface area contributed by atoms with Gasteiger partial charge >= 0.3 is 0 Å². The van der Waals surface area contributed by atoms with Crippen LogP contribution >= 0.6 is 12.4 Å². The van der Waals surface area contributed by atoms with Gasteiger partial charge in [-0.3, -0.25) is 4.79 Å². The van der Waals surface area contributed by atoms with Crippen LogP contribution in [0.3, 0.4) is 0 Å². The van der Waals surface area contributed by atoms with Crippen LogP contribution in [0.5, 0.6) is 0 Å². The standard InChI is InChI=1S/C13H22N2O.ClH/c1-3-9-15(10-4-2)13(16)11-12-5-7-14-8-6-12;/h3-4,12,14H,1-2,5-11H2;1H. The van der Waals surface area contributed by atoms with Gasteiger partial charge in [0.2, 0.25) is 5.91 Å². The predicted molar refractivity (Wildman–Crippen MR) is 74.4 cm³/mol. The van der Waals surface area contributed by atoms with Crippen molar-refractivity contribution in [2.75, 3.05) is 26.2 Å². The second kappa shape index (κ2) is 9.25. The fraction of sp³-hybridized carbons (Fsp3) is 0.615. The first-order chi connectivity index (χ1) is 7.77. The molecule has 0 aliphatic carbocycles. The van der Waals surface area contributed by atoms with E-state index in [0.29, 0.717) is 25.4 Å². The van der Waals surface area contributed by atoms with Crippen LogP contribution in [0.15, 0.2) is 25.3 Å². The maximum atomic E-state index is 12.0. The Morgan fingerprint density at radius 1 is 1.24 bits per heavy atom. The van der Waals surface area contributed by atoms with Crippen LogP contribution in [0, 0.1) is 5.92 Å². The molecular weight excluding hydrogens is 236 g/mol. The third-order valence-corrected chi connectivity index (χ3v) is 2.97. The zero-order valence-corrected chi connectivity index (χ0v) is 11.2. The van der Waals surface area contributed by atoms with Crippen LogP contribution in [-0.2, 0) is 4.79 Å². The van der Waals surface area contributed by atoms with Gasteiger partial charge in [0.05, 0.1) is 0 Å². The van der Waals surface area contributed by atoms with Gasteiger partial charge in [-0.05, 0) is 31.8 Å². The van der Waals surface area contributed by atoms with Gasteiger partial charge in [-0.1, -0.05) is 12.2 Å². The van der Waals surface area contributed by atoms with E-state index in [1.54, 1.807) is 12.2 Å². The molecular formula is C13H23ClN2O. The van der Waals surface area contributed by atoms with E-state index < -0.39 is 0 Å². The van der Waals surface area contributed by atoms with Crippen LogP contribution in [-0.4, -0.2) is 37.0 Å². The summed E-state index contributed by atoms with van der Waals surface area (Å²) < 4.78 is 0. The number of hydrogen-bond acceptors (Lipinski definition) is 2. The molecule has 1 saturated heterocycles. The van der Waals surface area contributed by atoms with Crippen molar-refractivity contribution < 1.29 is 4.79 Å². The highest BCUT2D eigenvalue weighted by atomic mass is 35.5. The summed E-state index contributed by atoms with van der Waals surface area (Å²) in [5.41, 5.74) is 0. The minimum absolute atomic E-state index is 0. The molecule has 0 bridgehead atoms. The number of amides is 1. The van der Waals surface area contributed by atoms with Crippen LogP contribution in [0.4, 0.5) is 0 Å². The number of halogens is 1. The minimum Gasteiger partial charge on any atom is -0.335 e. The summed E-state index contributed by atoms with van der Waals surface area (Å²) >= 11 is 0. The predicted octanol–water partition coefficient (Wildman–Crippen LogP) is 2.00. The van der Waals surface area contributed by atoms with E-state index in [0.717, 1.165) is 25.9 Å². The van der Waals surface area contributed by atoms with Crippen LogP contribution in [0.2, 0.25) is 0 Å². The second-order valence-electron chi connectivity index (χ2n) is 4.27. The molecule has 0 saturated carbocycles. The molecule has 1 rings (SSSR count). The second-order valence-corrected chi connectivity index (χ2v) is 4.27. The number of rotatable bonds is 6. The van der Waals surface area contributed by atoms with Crippen molar-refractivity contribution in [1.82, 2.24) is 10.2 Å². The van der Waals surface area contributed by atoms with E-state index in [1.165, 1.54) is 0 Å². The number of carbonyl (C=O) groups is 1. The first kappa shape index (κ1) is 16.2. The summed E-state index contributed by atoms with van der Waals surface area (Å²) in [6.45, 7) is 10.7. The molecule has 98 valence electrons. The lowest BCUT2D eigenvalue weighted by atomic mass is 9.94. The van der Waals surface area contributed by atoms with Gasteiger partial charge in [-0.15, -0.1) is 25.6 Å². The Labute approximate surface area is 110 Å². The maximum absolute atomic E-state index is 12.0. The van der Waals surface area contributed by atoms with Crippen LogP contribution < -0.4 is 5.32 Å². The molecule has 1 aliphatic rings. The Bertz CT molecular complexity index is 240. The molecule has 1 heterocycles. The largest absolute Gasteiger partial charge is 0.335 e. The molecule has 0 atom stereocenters. The molecule has 1 fully saturated rings. The first-order valence-electron chi connectivity index (χ1n) is 5.98. The van der Waals surface area contributed by atoms with Crippen molar-refractivity contribution in [3.8, 4) is 0 Å². The number of hydrogen-bond donors (Lipinski definition) is 1. The topological polar surface area (TPSA) is 32.3 Å². The summed E-state index contributed by atoms with van der Waals surface area (Å²) in [5, 5.41) is 3.31. The highest BCUT2D eigenvalue weighted by Gasteiger charge is 2.19. The maximum Gasteiger partial charge on any atom is 0.223 e. The van der Waals surface area contributed by atoms with Gasteiger partial charge in [-0.2, -0.15) is 0 Å². The Balaban J connectivity index is 0.00000256. The molecule has 0 aromatic rings. The third-order valence-electron chi connectivity index (χ3n) is 2.97. The summed E-state index contributed by atoms with van der Waals surface area (Å²) in [6.07, 6.45) is 6.43. The van der Waals surface area contributed by atoms with Crippen molar-refractivity contribution in [2.45, 2.75) is 19.3 Å². The molecule has 0 radical (unpaired) electrons. The van der Waals surface area contributed by atoms with Crippen LogP contribution in [0.25, 0.3) is 0 Å². The van der Waals surface area contributed by atoms with E-state index in [1.807, 2.05) is 4.90 Å². The van der Waals surface area contributed by atoms with E-state index in [9.17, 15) is 4.79 Å². The monoisotopic (exact) mass is 258 g/mol. The molecule has 0 aromatic carbocycles. The number of nitrogens with one attached hydrogen (secondary N) is 1. The average molecular weight is 259 g/mol. The zero-order valence-electron chi connectivity index (χ0n) is 10.4. The van der Waals surface area contributed by atoms with Crippen molar-refractivity contribution in [2.24, 2.45) is 5.92 Å². The van der Waals surface area contributed by atoms with Gasteiger partial charge in [0.15, 0.2) is 0 Å². The summed E-state index contributed by atoms with van der Waals surface area (Å²) in [6, 6.07) is 0. The molecule has 0 spiro atoms. The SMILES string of the molecule is C=CCN(CC=C)C(=O)CC1CCNCC1.Cl. The summed E-state index contributed by atoms with van der Waals surface area (Å²) in [5.74, 6) is 0.776. The van der Waals surface area contributed by atoms with E-state index in [2.05, 4.69) is 18.5 Å². The first-order valence-corrected chi connectivity index (χ1v) is 5.98. The molecule has 3 nitrogen and oxygen atoms in total. The lowest BCUT2D eigenvalue weighted by molar-refractivity contribution is -0.131. The molecule has 0 aromatic heterocycles. The zero-order chi connectivity index (χ0) is 11.8. The number of nitrogens with zero attached hydrogens (tertiary/aromatic N) is 1. The van der Waals surface area contributed by atoms with Crippen LogP contribution in [0.1, 0.15) is 19.3 Å². The highest BCUT2D eigenvalue weighted by molar-refractivity contribution is 5.85. The van der Waals surface area contributed by atoms with Crippen molar-refractivity contribution in [1.29, 1.82) is 0 Å². The fourth-order valence-corrected chi connectivity index (χ4v) is 2.05. The van der Waals surface area contributed by atoms with E-state index >= 15 is 0 Å². The fourth-order valence-electron chi connectivity index (χ4n) is 2.05. The number of carbonyl (C=O) groups excluding carboxylic acids is 1. The Kier molecular flexibility index (Phi) is 8.82. The van der Waals surface area contributed by atoms with E-state index in [4.69, 9.17) is 0 Å². The van der Waals surface area contributed by atoms with Crippen molar-refractivity contribution in [3.05, 3.63) is 25.3 Å². The van der Waals surface area contributed by atoms with Gasteiger partial charge < -0.3 is 10.2 Å². The van der Waals surface area contributed by atoms with Gasteiger partial charge in [0.25, 0.3) is 0 Å². The molecule has 1 amide bonds. The minimum atomic E-state index is 0. The Morgan fingerprint density at radius 2 is 1.76 bits per heavy atom. The highest BCUT2D eigenvalue weighted by Crippen LogP contribution is 2.17. The normalized spacial score (nSPS) is 15.8. The third kappa shape index (κ3) is 5.89. The Morgan fingerprint density at radius 3 is 2.24 bits per heavy atom. The number of piperidine rings is 1. The molecule has 1 N–H and O–H groups in total. The Hall–Kier alpha value is -0.800. The molecule has 1 aliphatic heterocycles. The molecule has 0 unspecified atom stereocenters. The smallest absolute Gasteiger partial charge is 0.223 e. The molecule has 17 heavy (non-hydrogen) atoms. The molecule has 4 heteroatoms. The average Bonchev–Trinajstić information content (AvgIpc) is 2.30.